The highest BCUT2D eigenvalue weighted by molar-refractivity contribution is 14.1. The topological polar surface area (TPSA) is 12.4 Å². The summed E-state index contributed by atoms with van der Waals surface area (Å²) in [4.78, 5) is 4.32. The Bertz CT molecular complexity index is 325. The summed E-state index contributed by atoms with van der Waals surface area (Å²) < 4.78 is 13.8. The van der Waals surface area contributed by atoms with E-state index in [2.05, 4.69) is 40.2 Å². The van der Waals surface area contributed by atoms with Crippen molar-refractivity contribution in [1.82, 2.24) is 0 Å². The quantitative estimate of drug-likeness (QED) is 0.463. The van der Waals surface area contributed by atoms with Crippen LogP contribution in [0.3, 0.4) is 0 Å². The van der Waals surface area contributed by atoms with Gasteiger partial charge >= 0.3 is 0 Å². The average molecular weight is 295 g/mol. The van der Waals surface area contributed by atoms with Crippen molar-refractivity contribution in [1.29, 1.82) is 0 Å². The van der Waals surface area contributed by atoms with Crippen molar-refractivity contribution >= 4 is 47.1 Å². The minimum atomic E-state index is -0.334. The van der Waals surface area contributed by atoms with Crippen LogP contribution in [0.4, 0.5) is 10.1 Å². The van der Waals surface area contributed by atoms with Crippen LogP contribution in [0, 0.1) is 9.39 Å². The van der Waals surface area contributed by atoms with Gasteiger partial charge in [0.2, 0.25) is 0 Å². The fourth-order valence-corrected chi connectivity index (χ4v) is 1.84. The van der Waals surface area contributed by atoms with Crippen LogP contribution in [-0.4, -0.2) is 6.21 Å². The van der Waals surface area contributed by atoms with Gasteiger partial charge in [-0.05, 0) is 41.6 Å². The van der Waals surface area contributed by atoms with Crippen molar-refractivity contribution in [3.05, 3.63) is 21.5 Å². The number of hydrogen-bond acceptors (Lipinski definition) is 2. The van der Waals surface area contributed by atoms with E-state index < -0.39 is 0 Å². The van der Waals surface area contributed by atoms with Gasteiger partial charge in [0.15, 0.2) is 0 Å². The fourth-order valence-electron chi connectivity index (χ4n) is 0.782. The van der Waals surface area contributed by atoms with Crippen LogP contribution in [0.25, 0.3) is 0 Å². The number of hydrogen-bond donors (Lipinski definition) is 1. The highest BCUT2D eigenvalue weighted by Crippen LogP contribution is 2.30. The standard InChI is InChI=1S/C8H7FINS/c1-2-11-7-6(10)4-3-5(9)8(7)12/h2-4,12H,1H3. The second-order valence-electron chi connectivity index (χ2n) is 2.11. The Balaban J connectivity index is 3.32. The third-order valence-corrected chi connectivity index (χ3v) is 2.61. The monoisotopic (exact) mass is 295 g/mol. The highest BCUT2D eigenvalue weighted by atomic mass is 127. The summed E-state index contributed by atoms with van der Waals surface area (Å²) in [6.07, 6.45) is 1.62. The molecule has 4 heteroatoms. The van der Waals surface area contributed by atoms with Gasteiger partial charge in [0, 0.05) is 9.78 Å². The van der Waals surface area contributed by atoms with Crippen LogP contribution in [0.1, 0.15) is 6.92 Å². The molecule has 0 aromatic heterocycles. The molecule has 64 valence electrons. The van der Waals surface area contributed by atoms with Crippen molar-refractivity contribution in [2.75, 3.05) is 0 Å². The second-order valence-corrected chi connectivity index (χ2v) is 3.72. The molecule has 0 atom stereocenters. The Hall–Kier alpha value is -0.100. The molecule has 0 N–H and O–H groups in total. The summed E-state index contributed by atoms with van der Waals surface area (Å²) in [7, 11) is 0. The van der Waals surface area contributed by atoms with E-state index >= 15 is 0 Å². The number of nitrogens with zero attached hydrogens (tertiary/aromatic N) is 1. The van der Waals surface area contributed by atoms with Crippen LogP contribution in [0.5, 0.6) is 0 Å². The van der Waals surface area contributed by atoms with Gasteiger partial charge in [0.05, 0.1) is 10.6 Å². The molecular formula is C8H7FINS. The largest absolute Gasteiger partial charge is 0.259 e. The zero-order valence-corrected chi connectivity index (χ0v) is 9.43. The highest BCUT2D eigenvalue weighted by Gasteiger charge is 2.06. The fraction of sp³-hybridized carbons (Fsp3) is 0.125. The van der Waals surface area contributed by atoms with E-state index in [-0.39, 0.29) is 5.82 Å². The maximum Gasteiger partial charge on any atom is 0.138 e. The average Bonchev–Trinajstić information content (AvgIpc) is 2.06. The lowest BCUT2D eigenvalue weighted by molar-refractivity contribution is 0.603. The predicted octanol–water partition coefficient (Wildman–Crippen LogP) is 3.44. The summed E-state index contributed by atoms with van der Waals surface area (Å²) in [6, 6.07) is 3.07. The molecule has 0 aliphatic rings. The zero-order chi connectivity index (χ0) is 9.14. The Kier molecular flexibility index (Phi) is 3.52. The Morgan fingerprint density at radius 1 is 1.58 bits per heavy atom. The van der Waals surface area contributed by atoms with Crippen LogP contribution < -0.4 is 0 Å². The smallest absolute Gasteiger partial charge is 0.138 e. The van der Waals surface area contributed by atoms with Crippen LogP contribution in [0.2, 0.25) is 0 Å². The molecule has 0 saturated carbocycles. The molecule has 0 saturated heterocycles. The molecule has 1 aromatic carbocycles. The van der Waals surface area contributed by atoms with E-state index in [1.54, 1.807) is 19.2 Å². The van der Waals surface area contributed by atoms with E-state index in [1.165, 1.54) is 6.07 Å². The van der Waals surface area contributed by atoms with Gasteiger partial charge in [-0.3, -0.25) is 4.99 Å². The zero-order valence-electron chi connectivity index (χ0n) is 6.38. The summed E-state index contributed by atoms with van der Waals surface area (Å²) in [5.41, 5.74) is 0.599. The van der Waals surface area contributed by atoms with E-state index in [1.807, 2.05) is 0 Å². The molecule has 0 amide bonds. The van der Waals surface area contributed by atoms with E-state index in [0.29, 0.717) is 10.6 Å². The molecule has 12 heavy (non-hydrogen) atoms. The third-order valence-electron chi connectivity index (χ3n) is 1.31. The number of benzene rings is 1. The van der Waals surface area contributed by atoms with Crippen LogP contribution in [0.15, 0.2) is 22.0 Å². The summed E-state index contributed by atoms with van der Waals surface area (Å²) in [5, 5.41) is 0. The SMILES string of the molecule is CC=Nc1c(I)ccc(F)c1S. The van der Waals surface area contributed by atoms with Crippen molar-refractivity contribution in [2.45, 2.75) is 11.8 Å². The number of thiol groups is 1. The van der Waals surface area contributed by atoms with Gasteiger partial charge in [-0.25, -0.2) is 4.39 Å². The Labute approximate surface area is 89.6 Å². The Morgan fingerprint density at radius 2 is 2.25 bits per heavy atom. The lowest BCUT2D eigenvalue weighted by atomic mass is 10.3. The van der Waals surface area contributed by atoms with Gasteiger partial charge in [0.25, 0.3) is 0 Å². The Morgan fingerprint density at radius 3 is 2.83 bits per heavy atom. The van der Waals surface area contributed by atoms with Crippen LogP contribution in [-0.2, 0) is 0 Å². The molecule has 0 heterocycles. The second kappa shape index (κ2) is 4.23. The van der Waals surface area contributed by atoms with Gasteiger partial charge < -0.3 is 0 Å². The molecule has 0 bridgehead atoms. The number of rotatable bonds is 1. The predicted molar refractivity (Wildman–Crippen MR) is 60.2 cm³/mol. The molecule has 0 spiro atoms. The third kappa shape index (κ3) is 1.98. The normalized spacial score (nSPS) is 11.0. The van der Waals surface area contributed by atoms with E-state index in [9.17, 15) is 4.39 Å². The summed E-state index contributed by atoms with van der Waals surface area (Å²) in [6.45, 7) is 1.79. The van der Waals surface area contributed by atoms with Gasteiger partial charge in [-0.15, -0.1) is 12.6 Å². The molecule has 0 aliphatic heterocycles. The lowest BCUT2D eigenvalue weighted by Gasteiger charge is -2.02. The molecule has 0 radical (unpaired) electrons. The molecule has 1 rings (SSSR count). The van der Waals surface area contributed by atoms with Crippen molar-refractivity contribution < 1.29 is 4.39 Å². The minimum Gasteiger partial charge on any atom is -0.259 e. The maximum absolute atomic E-state index is 12.9. The lowest BCUT2D eigenvalue weighted by Crippen LogP contribution is -1.82. The van der Waals surface area contributed by atoms with Crippen molar-refractivity contribution in [3.8, 4) is 0 Å². The number of halogens is 2. The maximum atomic E-state index is 12.9. The first-order chi connectivity index (χ1) is 5.66. The molecule has 1 nitrogen and oxygen atoms in total. The van der Waals surface area contributed by atoms with Gasteiger partial charge in [-0.2, -0.15) is 0 Å². The molecule has 0 fully saturated rings. The van der Waals surface area contributed by atoms with Gasteiger partial charge in [-0.1, -0.05) is 0 Å². The number of aliphatic imine (C=N–C) groups is 1. The van der Waals surface area contributed by atoms with Crippen LogP contribution >= 0.6 is 35.2 Å². The van der Waals surface area contributed by atoms with E-state index in [0.717, 1.165) is 3.57 Å². The molecule has 1 aromatic rings. The van der Waals surface area contributed by atoms with Gasteiger partial charge in [0.1, 0.15) is 5.82 Å². The van der Waals surface area contributed by atoms with Crippen molar-refractivity contribution in [3.63, 3.8) is 0 Å². The minimum absolute atomic E-state index is 0.306. The van der Waals surface area contributed by atoms with Crippen molar-refractivity contribution in [2.24, 2.45) is 4.99 Å². The summed E-state index contributed by atoms with van der Waals surface area (Å²) in [5.74, 6) is -0.334. The first-order valence-electron chi connectivity index (χ1n) is 3.32. The first kappa shape index (κ1) is 9.98. The molecular weight excluding hydrogens is 288 g/mol. The molecule has 0 aliphatic carbocycles. The first-order valence-corrected chi connectivity index (χ1v) is 4.85. The summed E-state index contributed by atoms with van der Waals surface area (Å²) >= 11 is 6.12. The van der Waals surface area contributed by atoms with E-state index in [4.69, 9.17) is 0 Å². The molecule has 0 unspecified atom stereocenters.